The predicted molar refractivity (Wildman–Crippen MR) is 56.9 cm³/mol. The third kappa shape index (κ3) is 5.27. The topological polar surface area (TPSA) is 9.23 Å². The monoisotopic (exact) mass is 322 g/mol. The van der Waals surface area contributed by atoms with Crippen molar-refractivity contribution in [1.82, 2.24) is 0 Å². The molecule has 0 amide bonds. The van der Waals surface area contributed by atoms with E-state index in [1.807, 2.05) is 0 Å². The molecule has 5 heteroatoms. The van der Waals surface area contributed by atoms with Crippen LogP contribution in [0.1, 0.15) is 27.7 Å². The van der Waals surface area contributed by atoms with Gasteiger partial charge in [-0.1, -0.05) is 0 Å². The van der Waals surface area contributed by atoms with E-state index >= 15 is 0 Å². The zero-order valence-electron chi connectivity index (χ0n) is 8.07. The predicted octanol–water partition coefficient (Wildman–Crippen LogP) is 3.94. The van der Waals surface area contributed by atoms with Crippen LogP contribution in [0.25, 0.3) is 0 Å². The molecule has 0 aromatic carbocycles. The summed E-state index contributed by atoms with van der Waals surface area (Å²) >= 11 is 5.62. The molecule has 0 fully saturated rings. The first-order valence-corrected chi connectivity index (χ1v) is 5.55. The van der Waals surface area contributed by atoms with Gasteiger partial charge < -0.3 is 4.74 Å². The molecule has 0 radical (unpaired) electrons. The van der Waals surface area contributed by atoms with Gasteiger partial charge in [-0.15, -0.1) is 0 Å². The maximum atomic E-state index is 13.2. The lowest BCUT2D eigenvalue weighted by Crippen LogP contribution is -2.37. The van der Waals surface area contributed by atoms with E-state index in [1.54, 1.807) is 13.8 Å². The number of halogens is 4. The number of ether oxygens (including phenoxy) is 1. The van der Waals surface area contributed by atoms with Gasteiger partial charge in [0.25, 0.3) is 0 Å². The maximum absolute atomic E-state index is 13.2. The van der Waals surface area contributed by atoms with Gasteiger partial charge in [-0.3, -0.25) is 0 Å². The van der Waals surface area contributed by atoms with E-state index in [-0.39, 0.29) is 0 Å². The molecule has 1 nitrogen and oxygen atoms in total. The van der Waals surface area contributed by atoms with E-state index in [0.29, 0.717) is 0 Å². The first-order valence-electron chi connectivity index (χ1n) is 3.96. The first-order chi connectivity index (χ1) is 5.55. The minimum atomic E-state index is -1.64. The van der Waals surface area contributed by atoms with Crippen molar-refractivity contribution in [2.24, 2.45) is 0 Å². The van der Waals surface area contributed by atoms with Gasteiger partial charge in [0.1, 0.15) is 0 Å². The second kappa shape index (κ2) is 4.53. The van der Waals surface area contributed by atoms with Crippen LogP contribution in [0.3, 0.4) is 0 Å². The van der Waals surface area contributed by atoms with E-state index in [1.165, 1.54) is 13.8 Å². The summed E-state index contributed by atoms with van der Waals surface area (Å²) in [6.45, 7) is 5.75. The third-order valence-electron chi connectivity index (χ3n) is 1.84. The highest BCUT2D eigenvalue weighted by molar-refractivity contribution is 9.10. The van der Waals surface area contributed by atoms with Gasteiger partial charge in [0, 0.05) is 0 Å². The molecule has 13 heavy (non-hydrogen) atoms. The highest BCUT2D eigenvalue weighted by atomic mass is 79.9. The van der Waals surface area contributed by atoms with E-state index in [9.17, 15) is 8.78 Å². The second-order valence-electron chi connectivity index (χ2n) is 3.33. The van der Waals surface area contributed by atoms with Crippen LogP contribution in [0, 0.1) is 0 Å². The van der Waals surface area contributed by atoms with Gasteiger partial charge in [0.2, 0.25) is 0 Å². The molecule has 0 aliphatic carbocycles. The molecule has 0 aliphatic rings. The summed E-state index contributed by atoms with van der Waals surface area (Å²) in [5.41, 5.74) is 0. The van der Waals surface area contributed by atoms with Crippen LogP contribution >= 0.6 is 31.9 Å². The van der Waals surface area contributed by atoms with E-state index < -0.39 is 21.4 Å². The van der Waals surface area contributed by atoms with Gasteiger partial charge in [0.05, 0.1) is 12.2 Å². The summed E-state index contributed by atoms with van der Waals surface area (Å²) in [5, 5.41) is 0. The van der Waals surface area contributed by atoms with Crippen LogP contribution in [0.15, 0.2) is 0 Å². The molecule has 0 rings (SSSR count). The maximum Gasteiger partial charge on any atom is 0.187 e. The largest absolute Gasteiger partial charge is 0.367 e. The molecule has 4 unspecified atom stereocenters. The summed E-state index contributed by atoms with van der Waals surface area (Å²) < 4.78 is 28.2. The Morgan fingerprint density at radius 1 is 1.00 bits per heavy atom. The molecular weight excluding hydrogens is 310 g/mol. The molecule has 0 aromatic heterocycles. The third-order valence-corrected chi connectivity index (χ3v) is 3.13. The molecule has 0 saturated heterocycles. The second-order valence-corrected chi connectivity index (χ2v) is 6.43. The fourth-order valence-corrected chi connectivity index (χ4v) is 0.761. The van der Waals surface area contributed by atoms with Gasteiger partial charge in [-0.2, -0.15) is 0 Å². The number of rotatable bonds is 4. The Kier molecular flexibility index (Phi) is 4.80. The van der Waals surface area contributed by atoms with E-state index in [2.05, 4.69) is 31.9 Å². The average Bonchev–Trinajstić information content (AvgIpc) is 1.82. The van der Waals surface area contributed by atoms with Gasteiger partial charge in [-0.25, -0.2) is 8.78 Å². The van der Waals surface area contributed by atoms with Crippen molar-refractivity contribution < 1.29 is 13.5 Å². The van der Waals surface area contributed by atoms with Crippen molar-refractivity contribution in [1.29, 1.82) is 0 Å². The summed E-state index contributed by atoms with van der Waals surface area (Å²) in [6, 6.07) is 0. The Balaban J connectivity index is 4.15. The molecule has 0 aromatic rings. The van der Waals surface area contributed by atoms with Gasteiger partial charge in [-0.05, 0) is 59.6 Å². The van der Waals surface area contributed by atoms with Crippen LogP contribution in [0.5, 0.6) is 0 Å². The smallest absolute Gasteiger partial charge is 0.187 e. The quantitative estimate of drug-likeness (QED) is 0.712. The number of hydrogen-bond acceptors (Lipinski definition) is 1. The van der Waals surface area contributed by atoms with Crippen molar-refractivity contribution >= 4 is 31.9 Å². The molecule has 0 N–H and O–H groups in total. The molecule has 4 atom stereocenters. The standard InChI is InChI=1S/C8H14Br2F2O/c1-5(7(3,9)11)13-6(2)8(4,10)12/h5-6H,1-4H3. The van der Waals surface area contributed by atoms with Gasteiger partial charge >= 0.3 is 0 Å². The lowest BCUT2D eigenvalue weighted by Gasteiger charge is -2.29. The van der Waals surface area contributed by atoms with Crippen molar-refractivity contribution in [3.63, 3.8) is 0 Å². The zero-order valence-corrected chi connectivity index (χ0v) is 11.2. The van der Waals surface area contributed by atoms with Crippen molar-refractivity contribution in [2.75, 3.05) is 0 Å². The Hall–Kier alpha value is 0.780. The summed E-state index contributed by atoms with van der Waals surface area (Å²) in [7, 11) is 0. The van der Waals surface area contributed by atoms with Crippen molar-refractivity contribution in [2.45, 2.75) is 49.1 Å². The van der Waals surface area contributed by atoms with E-state index in [0.717, 1.165) is 0 Å². The molecule has 0 spiro atoms. The van der Waals surface area contributed by atoms with Crippen LogP contribution in [0.2, 0.25) is 0 Å². The molecular formula is C8H14Br2F2O. The zero-order chi connectivity index (χ0) is 10.9. The molecule has 0 bridgehead atoms. The molecule has 0 heterocycles. The van der Waals surface area contributed by atoms with E-state index in [4.69, 9.17) is 4.74 Å². The SMILES string of the molecule is CC(OC(C)C(C)(F)Br)C(C)(F)Br. The van der Waals surface area contributed by atoms with Crippen molar-refractivity contribution in [3.05, 3.63) is 0 Å². The lowest BCUT2D eigenvalue weighted by atomic mass is 10.2. The summed E-state index contributed by atoms with van der Waals surface area (Å²) in [6.07, 6.45) is -1.43. The lowest BCUT2D eigenvalue weighted by molar-refractivity contribution is -0.0713. The Morgan fingerprint density at radius 2 is 1.23 bits per heavy atom. The van der Waals surface area contributed by atoms with Crippen LogP contribution in [-0.2, 0) is 4.74 Å². The first kappa shape index (κ1) is 13.8. The Labute approximate surface area is 94.5 Å². The fraction of sp³-hybridized carbons (Fsp3) is 1.00. The van der Waals surface area contributed by atoms with Crippen LogP contribution in [-0.4, -0.2) is 21.4 Å². The Bertz CT molecular complexity index is 145. The highest BCUT2D eigenvalue weighted by Crippen LogP contribution is 2.31. The van der Waals surface area contributed by atoms with Crippen LogP contribution in [0.4, 0.5) is 8.78 Å². The summed E-state index contributed by atoms with van der Waals surface area (Å²) in [5.74, 6) is 0. The van der Waals surface area contributed by atoms with Crippen molar-refractivity contribution in [3.8, 4) is 0 Å². The molecule has 80 valence electrons. The number of hydrogen-bond donors (Lipinski definition) is 0. The normalized spacial score (nSPS) is 25.8. The average molecular weight is 324 g/mol. The van der Waals surface area contributed by atoms with Crippen LogP contribution < -0.4 is 0 Å². The van der Waals surface area contributed by atoms with Gasteiger partial charge in [0.15, 0.2) is 9.16 Å². The molecule has 0 aliphatic heterocycles. The Morgan fingerprint density at radius 3 is 1.38 bits per heavy atom. The minimum absolute atomic E-state index is 0.713. The number of alkyl halides is 4. The highest BCUT2D eigenvalue weighted by Gasteiger charge is 2.35. The fourth-order valence-electron chi connectivity index (χ4n) is 0.545. The summed E-state index contributed by atoms with van der Waals surface area (Å²) in [4.78, 5) is 0. The minimum Gasteiger partial charge on any atom is -0.367 e. The molecule has 0 saturated carbocycles.